The van der Waals surface area contributed by atoms with Crippen LogP contribution in [-0.4, -0.2) is 26.1 Å². The number of thioether (sulfide) groups is 1. The van der Waals surface area contributed by atoms with Gasteiger partial charge in [-0.2, -0.15) is 11.8 Å². The molecule has 0 saturated carbocycles. The quantitative estimate of drug-likeness (QED) is 0.838. The molecule has 3 rings (SSSR count). The highest BCUT2D eigenvalue weighted by Gasteiger charge is 2.17. The molecule has 0 unspecified atom stereocenters. The first-order chi connectivity index (χ1) is 8.33. The maximum Gasteiger partial charge on any atom is 0.160 e. The lowest BCUT2D eigenvalue weighted by Crippen LogP contribution is -2.13. The molecule has 0 N–H and O–H groups in total. The Morgan fingerprint density at radius 2 is 2.12 bits per heavy atom. The van der Waals surface area contributed by atoms with Gasteiger partial charge in [0.1, 0.15) is 5.82 Å². The minimum absolute atomic E-state index is 0.734. The zero-order chi connectivity index (χ0) is 11.7. The third-order valence-corrected chi connectivity index (χ3v) is 4.52. The van der Waals surface area contributed by atoms with Crippen LogP contribution in [0.2, 0.25) is 5.02 Å². The van der Waals surface area contributed by atoms with Crippen molar-refractivity contribution in [3.8, 4) is 0 Å². The molecule has 1 saturated heterocycles. The first-order valence-electron chi connectivity index (χ1n) is 5.90. The molecule has 5 heteroatoms. The van der Waals surface area contributed by atoms with Crippen LogP contribution >= 0.6 is 23.4 Å². The Balaban J connectivity index is 1.86. The van der Waals surface area contributed by atoms with Crippen molar-refractivity contribution in [1.29, 1.82) is 0 Å². The molecular formula is C12H14ClN3S. The summed E-state index contributed by atoms with van der Waals surface area (Å²) in [4.78, 5) is 0. The Labute approximate surface area is 110 Å². The van der Waals surface area contributed by atoms with E-state index in [0.29, 0.717) is 0 Å². The third kappa shape index (κ3) is 2.43. The van der Waals surface area contributed by atoms with E-state index in [0.717, 1.165) is 28.8 Å². The second-order valence-corrected chi connectivity index (χ2v) is 6.11. The van der Waals surface area contributed by atoms with Crippen LogP contribution in [0.1, 0.15) is 18.7 Å². The highest BCUT2D eigenvalue weighted by atomic mass is 35.5. The van der Waals surface area contributed by atoms with Gasteiger partial charge in [0.25, 0.3) is 0 Å². The van der Waals surface area contributed by atoms with Crippen molar-refractivity contribution in [2.75, 3.05) is 11.5 Å². The first-order valence-corrected chi connectivity index (χ1v) is 7.43. The van der Waals surface area contributed by atoms with Crippen LogP contribution in [0.25, 0.3) is 5.65 Å². The molecule has 0 amide bonds. The fourth-order valence-electron chi connectivity index (χ4n) is 2.26. The van der Waals surface area contributed by atoms with Crippen LogP contribution in [0.5, 0.6) is 0 Å². The number of hydrogen-bond donors (Lipinski definition) is 0. The van der Waals surface area contributed by atoms with Crippen molar-refractivity contribution in [2.24, 2.45) is 5.92 Å². The molecule has 1 aliphatic heterocycles. The van der Waals surface area contributed by atoms with Crippen molar-refractivity contribution in [3.63, 3.8) is 0 Å². The number of fused-ring (bicyclic) bond motifs is 1. The van der Waals surface area contributed by atoms with E-state index in [9.17, 15) is 0 Å². The van der Waals surface area contributed by atoms with E-state index < -0.39 is 0 Å². The van der Waals surface area contributed by atoms with E-state index in [1.807, 2.05) is 22.7 Å². The van der Waals surface area contributed by atoms with Crippen molar-refractivity contribution < 1.29 is 0 Å². The highest BCUT2D eigenvalue weighted by Crippen LogP contribution is 2.25. The Morgan fingerprint density at radius 1 is 1.29 bits per heavy atom. The van der Waals surface area contributed by atoms with Crippen LogP contribution in [-0.2, 0) is 6.42 Å². The summed E-state index contributed by atoms with van der Waals surface area (Å²) in [6.07, 6.45) is 5.51. The molecule has 0 aliphatic carbocycles. The number of aromatic nitrogens is 3. The van der Waals surface area contributed by atoms with Crippen LogP contribution < -0.4 is 0 Å². The van der Waals surface area contributed by atoms with Gasteiger partial charge in [0.15, 0.2) is 5.65 Å². The van der Waals surface area contributed by atoms with Gasteiger partial charge in [-0.1, -0.05) is 11.6 Å². The second-order valence-electron chi connectivity index (χ2n) is 4.45. The second kappa shape index (κ2) is 4.86. The van der Waals surface area contributed by atoms with Gasteiger partial charge in [-0.25, -0.2) is 0 Å². The average molecular weight is 268 g/mol. The molecule has 17 heavy (non-hydrogen) atoms. The Kier molecular flexibility index (Phi) is 3.25. The van der Waals surface area contributed by atoms with Crippen molar-refractivity contribution in [1.82, 2.24) is 14.6 Å². The summed E-state index contributed by atoms with van der Waals surface area (Å²) in [5, 5.41) is 9.19. The Bertz CT molecular complexity index is 519. The molecule has 1 fully saturated rings. The van der Waals surface area contributed by atoms with E-state index in [2.05, 4.69) is 22.0 Å². The van der Waals surface area contributed by atoms with E-state index in [-0.39, 0.29) is 0 Å². The number of hydrogen-bond acceptors (Lipinski definition) is 3. The lowest BCUT2D eigenvalue weighted by atomic mass is 9.98. The summed E-state index contributed by atoms with van der Waals surface area (Å²) in [7, 11) is 0. The number of rotatable bonds is 2. The van der Waals surface area contributed by atoms with Gasteiger partial charge in [-0.3, -0.25) is 4.40 Å². The fraction of sp³-hybridized carbons (Fsp3) is 0.500. The first kappa shape index (κ1) is 11.4. The predicted molar refractivity (Wildman–Crippen MR) is 71.8 cm³/mol. The lowest BCUT2D eigenvalue weighted by molar-refractivity contribution is 0.474. The molecule has 0 bridgehead atoms. The molecular weight excluding hydrogens is 254 g/mol. The summed E-state index contributed by atoms with van der Waals surface area (Å²) >= 11 is 8.06. The Morgan fingerprint density at radius 3 is 2.94 bits per heavy atom. The third-order valence-electron chi connectivity index (χ3n) is 3.25. The number of halogens is 1. The van der Waals surface area contributed by atoms with Crippen LogP contribution in [0.15, 0.2) is 18.3 Å². The molecule has 0 atom stereocenters. The van der Waals surface area contributed by atoms with Gasteiger partial charge >= 0.3 is 0 Å². The highest BCUT2D eigenvalue weighted by molar-refractivity contribution is 7.99. The van der Waals surface area contributed by atoms with Crippen molar-refractivity contribution >= 4 is 29.0 Å². The zero-order valence-corrected chi connectivity index (χ0v) is 11.0. The van der Waals surface area contributed by atoms with Crippen LogP contribution in [0.4, 0.5) is 0 Å². The van der Waals surface area contributed by atoms with Gasteiger partial charge in [0.05, 0.1) is 5.02 Å². The molecule has 0 aromatic carbocycles. The zero-order valence-electron chi connectivity index (χ0n) is 9.47. The number of nitrogens with zero attached hydrogens (tertiary/aromatic N) is 3. The van der Waals surface area contributed by atoms with E-state index >= 15 is 0 Å². The van der Waals surface area contributed by atoms with Gasteiger partial charge in [-0.15, -0.1) is 10.2 Å². The molecule has 1 aliphatic rings. The molecule has 90 valence electrons. The molecule has 3 nitrogen and oxygen atoms in total. The van der Waals surface area contributed by atoms with E-state index in [4.69, 9.17) is 11.6 Å². The van der Waals surface area contributed by atoms with Crippen molar-refractivity contribution in [3.05, 3.63) is 29.2 Å². The number of pyridine rings is 1. The minimum Gasteiger partial charge on any atom is -0.285 e. The summed E-state index contributed by atoms with van der Waals surface area (Å²) in [6.45, 7) is 0. The monoisotopic (exact) mass is 267 g/mol. The average Bonchev–Trinajstić information content (AvgIpc) is 2.73. The van der Waals surface area contributed by atoms with Gasteiger partial charge in [-0.05, 0) is 42.4 Å². The van der Waals surface area contributed by atoms with Gasteiger partial charge in [0, 0.05) is 12.6 Å². The maximum absolute atomic E-state index is 6.01. The van der Waals surface area contributed by atoms with Gasteiger partial charge in [0.2, 0.25) is 0 Å². The molecule has 0 radical (unpaired) electrons. The van der Waals surface area contributed by atoms with E-state index in [1.165, 1.54) is 24.3 Å². The van der Waals surface area contributed by atoms with Gasteiger partial charge < -0.3 is 0 Å². The molecule has 2 aromatic rings. The molecule has 2 aromatic heterocycles. The molecule has 3 heterocycles. The van der Waals surface area contributed by atoms with Crippen molar-refractivity contribution in [2.45, 2.75) is 19.3 Å². The predicted octanol–water partition coefficient (Wildman–Crippen LogP) is 3.07. The minimum atomic E-state index is 0.734. The smallest absolute Gasteiger partial charge is 0.160 e. The SMILES string of the molecule is Clc1ccc2nnc(CC3CCSCC3)n2c1. The summed E-state index contributed by atoms with van der Waals surface area (Å²) in [6, 6.07) is 3.77. The fourth-order valence-corrected chi connectivity index (χ4v) is 3.62. The lowest BCUT2D eigenvalue weighted by Gasteiger charge is -2.20. The molecule has 0 spiro atoms. The standard InChI is InChI=1S/C12H14ClN3S/c13-10-1-2-11-14-15-12(16(11)8-10)7-9-3-5-17-6-4-9/h1-2,8-9H,3-7H2. The van der Waals surface area contributed by atoms with Crippen LogP contribution in [0.3, 0.4) is 0 Å². The topological polar surface area (TPSA) is 30.2 Å². The maximum atomic E-state index is 6.01. The summed E-state index contributed by atoms with van der Waals surface area (Å²) in [5.41, 5.74) is 0.884. The van der Waals surface area contributed by atoms with Crippen LogP contribution in [0, 0.1) is 5.92 Å². The van der Waals surface area contributed by atoms with E-state index in [1.54, 1.807) is 0 Å². The summed E-state index contributed by atoms with van der Waals surface area (Å²) in [5.74, 6) is 4.35. The largest absolute Gasteiger partial charge is 0.285 e. The Hall–Kier alpha value is -0.740. The summed E-state index contributed by atoms with van der Waals surface area (Å²) < 4.78 is 2.02. The normalized spacial score (nSPS) is 17.7.